The van der Waals surface area contributed by atoms with E-state index in [1.807, 2.05) is 43.3 Å². The highest BCUT2D eigenvalue weighted by molar-refractivity contribution is 5.77. The normalized spacial score (nSPS) is 14.5. The minimum atomic E-state index is -0.119. The maximum atomic E-state index is 12.7. The van der Waals surface area contributed by atoms with Crippen LogP contribution in [0.25, 0.3) is 0 Å². The van der Waals surface area contributed by atoms with Crippen LogP contribution in [0.4, 0.5) is 0 Å². The molecule has 0 aliphatic carbocycles. The van der Waals surface area contributed by atoms with Crippen molar-refractivity contribution in [2.45, 2.75) is 25.9 Å². The Morgan fingerprint density at radius 1 is 0.903 bits per heavy atom. The Morgan fingerprint density at radius 3 is 2.29 bits per heavy atom. The second-order valence-corrected chi connectivity index (χ2v) is 7.93. The molecule has 1 aliphatic rings. The van der Waals surface area contributed by atoms with Crippen molar-refractivity contribution in [1.82, 2.24) is 5.32 Å². The Balaban J connectivity index is 1.41. The molecule has 5 nitrogen and oxygen atoms in total. The zero-order valence-corrected chi connectivity index (χ0v) is 18.0. The number of amides is 1. The number of aryl methyl sites for hydroxylation is 1. The SMILES string of the molecule is Cc1ccc([C@H]([NH2+]CC(=O)N[C@@H](C)c2ccc3c(c2)OCCO3)c2ccccc2)cc1. The van der Waals surface area contributed by atoms with Gasteiger partial charge in [0.25, 0.3) is 5.91 Å². The van der Waals surface area contributed by atoms with Crippen LogP contribution in [-0.4, -0.2) is 25.7 Å². The lowest BCUT2D eigenvalue weighted by Gasteiger charge is -2.21. The Morgan fingerprint density at radius 2 is 1.55 bits per heavy atom. The van der Waals surface area contributed by atoms with E-state index >= 15 is 0 Å². The van der Waals surface area contributed by atoms with E-state index in [9.17, 15) is 4.79 Å². The number of nitrogens with one attached hydrogen (secondary N) is 1. The van der Waals surface area contributed by atoms with Crippen LogP contribution in [0.5, 0.6) is 11.5 Å². The van der Waals surface area contributed by atoms with Crippen LogP contribution in [-0.2, 0) is 4.79 Å². The van der Waals surface area contributed by atoms with E-state index in [1.54, 1.807) is 0 Å². The van der Waals surface area contributed by atoms with Gasteiger partial charge in [0.2, 0.25) is 0 Å². The van der Waals surface area contributed by atoms with E-state index in [0.29, 0.717) is 19.8 Å². The first-order chi connectivity index (χ1) is 15.1. The van der Waals surface area contributed by atoms with Crippen molar-refractivity contribution < 1.29 is 19.6 Å². The van der Waals surface area contributed by atoms with Crippen LogP contribution in [0, 0.1) is 6.92 Å². The number of quaternary nitrogens is 1. The summed E-state index contributed by atoms with van der Waals surface area (Å²) >= 11 is 0. The predicted octanol–water partition coefficient (Wildman–Crippen LogP) is 3.30. The molecule has 3 aromatic rings. The minimum Gasteiger partial charge on any atom is -0.486 e. The molecule has 1 amide bonds. The van der Waals surface area contributed by atoms with Crippen molar-refractivity contribution in [3.8, 4) is 11.5 Å². The Bertz CT molecular complexity index is 1020. The fourth-order valence-corrected chi connectivity index (χ4v) is 3.84. The van der Waals surface area contributed by atoms with Crippen LogP contribution < -0.4 is 20.1 Å². The van der Waals surface area contributed by atoms with Crippen LogP contribution in [0.3, 0.4) is 0 Å². The molecule has 0 bridgehead atoms. The highest BCUT2D eigenvalue weighted by Gasteiger charge is 2.20. The molecule has 3 N–H and O–H groups in total. The molecule has 0 radical (unpaired) electrons. The quantitative estimate of drug-likeness (QED) is 0.620. The van der Waals surface area contributed by atoms with E-state index in [0.717, 1.165) is 17.1 Å². The molecule has 4 rings (SSSR count). The minimum absolute atomic E-state index is 0.00423. The molecule has 3 aromatic carbocycles. The first-order valence-corrected chi connectivity index (χ1v) is 10.7. The lowest BCUT2D eigenvalue weighted by atomic mass is 9.98. The average Bonchev–Trinajstić information content (AvgIpc) is 2.80. The summed E-state index contributed by atoms with van der Waals surface area (Å²) in [7, 11) is 0. The van der Waals surface area contributed by atoms with Gasteiger partial charge >= 0.3 is 0 Å². The molecule has 1 aliphatic heterocycles. The van der Waals surface area contributed by atoms with Crippen LogP contribution in [0.15, 0.2) is 72.8 Å². The summed E-state index contributed by atoms with van der Waals surface area (Å²) in [4.78, 5) is 12.7. The van der Waals surface area contributed by atoms with Crippen LogP contribution >= 0.6 is 0 Å². The Hall–Kier alpha value is -3.31. The molecule has 0 fully saturated rings. The zero-order chi connectivity index (χ0) is 21.6. The molecular formula is C26H29N2O3+. The van der Waals surface area contributed by atoms with E-state index in [4.69, 9.17) is 9.47 Å². The summed E-state index contributed by atoms with van der Waals surface area (Å²) in [5.41, 5.74) is 4.58. The van der Waals surface area contributed by atoms with Gasteiger partial charge in [-0.25, -0.2) is 0 Å². The summed E-state index contributed by atoms with van der Waals surface area (Å²) in [6.45, 7) is 5.52. The van der Waals surface area contributed by atoms with Gasteiger partial charge in [0.15, 0.2) is 18.0 Å². The highest BCUT2D eigenvalue weighted by atomic mass is 16.6. The van der Waals surface area contributed by atoms with Crippen molar-refractivity contribution in [1.29, 1.82) is 0 Å². The predicted molar refractivity (Wildman–Crippen MR) is 120 cm³/mol. The molecule has 0 unspecified atom stereocenters. The summed E-state index contributed by atoms with van der Waals surface area (Å²) in [6, 6.07) is 24.6. The highest BCUT2D eigenvalue weighted by Crippen LogP contribution is 2.32. The first-order valence-electron chi connectivity index (χ1n) is 10.7. The van der Waals surface area contributed by atoms with Crippen molar-refractivity contribution in [3.05, 3.63) is 95.1 Å². The van der Waals surface area contributed by atoms with Gasteiger partial charge in [0.1, 0.15) is 19.3 Å². The van der Waals surface area contributed by atoms with Crippen LogP contribution in [0.1, 0.15) is 41.3 Å². The lowest BCUT2D eigenvalue weighted by Crippen LogP contribution is -2.87. The molecule has 160 valence electrons. The second-order valence-electron chi connectivity index (χ2n) is 7.93. The summed E-state index contributed by atoms with van der Waals surface area (Å²) in [5.74, 6) is 1.49. The number of carbonyl (C=O) groups is 1. The van der Waals surface area contributed by atoms with Crippen molar-refractivity contribution in [3.63, 3.8) is 0 Å². The molecule has 1 heterocycles. The number of hydrogen-bond acceptors (Lipinski definition) is 3. The van der Waals surface area contributed by atoms with E-state index < -0.39 is 0 Å². The first kappa shape index (κ1) is 20.9. The lowest BCUT2D eigenvalue weighted by molar-refractivity contribution is -0.676. The molecule has 2 atom stereocenters. The Labute approximate surface area is 183 Å². The Kier molecular flexibility index (Phi) is 6.53. The third-order valence-electron chi connectivity index (χ3n) is 5.58. The number of ether oxygens (including phenoxy) is 2. The van der Waals surface area contributed by atoms with E-state index in [1.165, 1.54) is 16.7 Å². The largest absolute Gasteiger partial charge is 0.486 e. The number of nitrogens with two attached hydrogens (primary N) is 1. The number of carbonyl (C=O) groups excluding carboxylic acids is 1. The topological polar surface area (TPSA) is 64.2 Å². The number of benzene rings is 3. The summed E-state index contributed by atoms with van der Waals surface area (Å²) in [5, 5.41) is 5.19. The van der Waals surface area contributed by atoms with Crippen LogP contribution in [0.2, 0.25) is 0 Å². The van der Waals surface area contributed by atoms with Crippen molar-refractivity contribution in [2.24, 2.45) is 0 Å². The molecule has 0 aromatic heterocycles. The number of fused-ring (bicyclic) bond motifs is 1. The summed E-state index contributed by atoms with van der Waals surface area (Å²) < 4.78 is 11.2. The van der Waals surface area contributed by atoms with E-state index in [-0.39, 0.29) is 18.0 Å². The second kappa shape index (κ2) is 9.67. The molecule has 0 saturated heterocycles. The smallest absolute Gasteiger partial charge is 0.275 e. The van der Waals surface area contributed by atoms with Gasteiger partial charge in [0.05, 0.1) is 6.04 Å². The van der Waals surface area contributed by atoms with Gasteiger partial charge in [0, 0.05) is 11.1 Å². The van der Waals surface area contributed by atoms with Gasteiger partial charge in [-0.05, 0) is 31.5 Å². The number of rotatable bonds is 7. The van der Waals surface area contributed by atoms with Gasteiger partial charge < -0.3 is 20.1 Å². The van der Waals surface area contributed by atoms with Crippen molar-refractivity contribution >= 4 is 5.91 Å². The average molecular weight is 418 g/mol. The summed E-state index contributed by atoms with van der Waals surface area (Å²) in [6.07, 6.45) is 0. The fraction of sp³-hybridized carbons (Fsp3) is 0.269. The van der Waals surface area contributed by atoms with Gasteiger partial charge in [-0.1, -0.05) is 66.2 Å². The van der Waals surface area contributed by atoms with Gasteiger partial charge in [-0.2, -0.15) is 0 Å². The molecule has 0 spiro atoms. The number of hydrogen-bond donors (Lipinski definition) is 2. The monoisotopic (exact) mass is 417 g/mol. The molecule has 0 saturated carbocycles. The van der Waals surface area contributed by atoms with Gasteiger partial charge in [-0.15, -0.1) is 0 Å². The molecule has 31 heavy (non-hydrogen) atoms. The molecule has 5 heteroatoms. The maximum Gasteiger partial charge on any atom is 0.275 e. The third-order valence-corrected chi connectivity index (χ3v) is 5.58. The van der Waals surface area contributed by atoms with E-state index in [2.05, 4.69) is 54.0 Å². The van der Waals surface area contributed by atoms with Crippen molar-refractivity contribution in [2.75, 3.05) is 19.8 Å². The fourth-order valence-electron chi connectivity index (χ4n) is 3.84. The standard InChI is InChI=1S/C26H28N2O3/c1-18-8-10-21(11-9-18)26(20-6-4-3-5-7-20)27-17-25(29)28-19(2)22-12-13-23-24(16-22)31-15-14-30-23/h3-13,16,19,26-27H,14-15,17H2,1-2H3,(H,28,29)/p+1/t19-,26+/m0/s1. The zero-order valence-electron chi connectivity index (χ0n) is 18.0. The molecular weight excluding hydrogens is 388 g/mol. The maximum absolute atomic E-state index is 12.7. The third kappa shape index (κ3) is 5.25. The van der Waals surface area contributed by atoms with Gasteiger partial charge in [-0.3, -0.25) is 4.79 Å².